The number of anilines is 1. The summed E-state index contributed by atoms with van der Waals surface area (Å²) in [6.45, 7) is 0.280. The summed E-state index contributed by atoms with van der Waals surface area (Å²) in [5, 5.41) is 7.62. The number of rotatable bonds is 3. The Morgan fingerprint density at radius 1 is 1.47 bits per heavy atom. The highest BCUT2D eigenvalue weighted by molar-refractivity contribution is 7.11. The molecule has 0 atom stereocenters. The van der Waals surface area contributed by atoms with Gasteiger partial charge in [0.05, 0.1) is 12.1 Å². The SMILES string of the molecule is CNC(=O)CNc1snc2ccccc12. The third-order valence-corrected chi connectivity index (χ3v) is 2.91. The number of fused-ring (bicyclic) bond motifs is 1. The van der Waals surface area contributed by atoms with Gasteiger partial charge in [0.25, 0.3) is 0 Å². The van der Waals surface area contributed by atoms with Crippen molar-refractivity contribution in [2.75, 3.05) is 18.9 Å². The van der Waals surface area contributed by atoms with E-state index < -0.39 is 0 Å². The van der Waals surface area contributed by atoms with Gasteiger partial charge in [0.2, 0.25) is 5.91 Å². The second-order valence-electron chi connectivity index (χ2n) is 3.06. The Morgan fingerprint density at radius 2 is 2.27 bits per heavy atom. The molecule has 2 N–H and O–H groups in total. The molecule has 15 heavy (non-hydrogen) atoms. The van der Waals surface area contributed by atoms with Crippen molar-refractivity contribution >= 4 is 33.3 Å². The first kappa shape index (κ1) is 9.92. The smallest absolute Gasteiger partial charge is 0.239 e. The normalized spacial score (nSPS) is 10.2. The van der Waals surface area contributed by atoms with Gasteiger partial charge in [0.15, 0.2) is 0 Å². The molecule has 2 rings (SSSR count). The predicted molar refractivity (Wildman–Crippen MR) is 62.2 cm³/mol. The molecular formula is C10H11N3OS. The van der Waals surface area contributed by atoms with Crippen molar-refractivity contribution in [1.29, 1.82) is 0 Å². The summed E-state index contributed by atoms with van der Waals surface area (Å²) >= 11 is 1.37. The first-order valence-electron chi connectivity index (χ1n) is 4.60. The van der Waals surface area contributed by atoms with E-state index in [4.69, 9.17) is 0 Å². The van der Waals surface area contributed by atoms with Gasteiger partial charge in [-0.15, -0.1) is 0 Å². The van der Waals surface area contributed by atoms with E-state index in [9.17, 15) is 4.79 Å². The molecule has 0 saturated heterocycles. The highest BCUT2D eigenvalue weighted by atomic mass is 32.1. The average molecular weight is 221 g/mol. The predicted octanol–water partition coefficient (Wildman–Crippen LogP) is 1.45. The lowest BCUT2D eigenvalue weighted by atomic mass is 10.2. The lowest BCUT2D eigenvalue weighted by Crippen LogP contribution is -2.25. The number of benzene rings is 1. The number of nitrogens with zero attached hydrogens (tertiary/aromatic N) is 1. The summed E-state index contributed by atoms with van der Waals surface area (Å²) in [6.07, 6.45) is 0. The summed E-state index contributed by atoms with van der Waals surface area (Å²) in [6, 6.07) is 7.86. The van der Waals surface area contributed by atoms with Crippen molar-refractivity contribution in [3.63, 3.8) is 0 Å². The highest BCUT2D eigenvalue weighted by Gasteiger charge is 2.05. The zero-order valence-corrected chi connectivity index (χ0v) is 9.10. The molecule has 0 fully saturated rings. The summed E-state index contributed by atoms with van der Waals surface area (Å²) in [4.78, 5) is 11.1. The second kappa shape index (κ2) is 4.27. The minimum atomic E-state index is -0.0347. The van der Waals surface area contributed by atoms with Crippen molar-refractivity contribution in [3.05, 3.63) is 24.3 Å². The van der Waals surface area contributed by atoms with E-state index in [0.717, 1.165) is 15.9 Å². The molecular weight excluding hydrogens is 210 g/mol. The Labute approximate surface area is 91.5 Å². The van der Waals surface area contributed by atoms with Gasteiger partial charge in [-0.05, 0) is 23.7 Å². The van der Waals surface area contributed by atoms with Gasteiger partial charge < -0.3 is 10.6 Å². The Balaban J connectivity index is 2.18. The molecule has 1 heterocycles. The first-order valence-corrected chi connectivity index (χ1v) is 5.37. The number of aromatic nitrogens is 1. The van der Waals surface area contributed by atoms with E-state index >= 15 is 0 Å². The van der Waals surface area contributed by atoms with Gasteiger partial charge in [-0.3, -0.25) is 4.79 Å². The van der Waals surface area contributed by atoms with E-state index in [1.807, 2.05) is 24.3 Å². The Kier molecular flexibility index (Phi) is 2.82. The number of likely N-dealkylation sites (N-methyl/N-ethyl adjacent to an activating group) is 1. The number of amides is 1. The maximum absolute atomic E-state index is 11.1. The largest absolute Gasteiger partial charge is 0.366 e. The molecule has 0 aliphatic heterocycles. The summed E-state index contributed by atoms with van der Waals surface area (Å²) < 4.78 is 4.27. The number of nitrogens with one attached hydrogen (secondary N) is 2. The quantitative estimate of drug-likeness (QED) is 0.825. The zero-order valence-electron chi connectivity index (χ0n) is 8.28. The van der Waals surface area contributed by atoms with Crippen LogP contribution in [0, 0.1) is 0 Å². The maximum Gasteiger partial charge on any atom is 0.239 e. The lowest BCUT2D eigenvalue weighted by molar-refractivity contribution is -0.118. The summed E-state index contributed by atoms with van der Waals surface area (Å²) in [7, 11) is 1.62. The molecule has 5 heteroatoms. The number of carbonyl (C=O) groups is 1. The van der Waals surface area contributed by atoms with Gasteiger partial charge >= 0.3 is 0 Å². The van der Waals surface area contributed by atoms with Crippen molar-refractivity contribution in [2.45, 2.75) is 0 Å². The van der Waals surface area contributed by atoms with Crippen molar-refractivity contribution in [2.24, 2.45) is 0 Å². The van der Waals surface area contributed by atoms with Gasteiger partial charge in [0.1, 0.15) is 5.00 Å². The fraction of sp³-hybridized carbons (Fsp3) is 0.200. The molecule has 0 spiro atoms. The highest BCUT2D eigenvalue weighted by Crippen LogP contribution is 2.26. The number of carbonyl (C=O) groups excluding carboxylic acids is 1. The molecule has 1 aromatic heterocycles. The molecule has 4 nitrogen and oxygen atoms in total. The van der Waals surface area contributed by atoms with Crippen LogP contribution in [0.3, 0.4) is 0 Å². The van der Waals surface area contributed by atoms with E-state index in [2.05, 4.69) is 15.0 Å². The average Bonchev–Trinajstić information content (AvgIpc) is 2.69. The molecule has 2 aromatic rings. The van der Waals surface area contributed by atoms with Gasteiger partial charge in [-0.25, -0.2) is 0 Å². The molecule has 78 valence electrons. The van der Waals surface area contributed by atoms with Crippen LogP contribution in [0.5, 0.6) is 0 Å². The van der Waals surface area contributed by atoms with Crippen LogP contribution in [0.1, 0.15) is 0 Å². The molecule has 0 aliphatic carbocycles. The molecule has 0 aliphatic rings. The standard InChI is InChI=1S/C10H11N3OS/c1-11-9(14)6-12-10-7-4-2-3-5-8(7)13-15-10/h2-5,12H,6H2,1H3,(H,11,14). The van der Waals surface area contributed by atoms with Crippen LogP contribution < -0.4 is 10.6 Å². The third kappa shape index (κ3) is 2.07. The molecule has 0 bridgehead atoms. The van der Waals surface area contributed by atoms with Gasteiger partial charge in [-0.1, -0.05) is 12.1 Å². The Hall–Kier alpha value is -1.62. The Morgan fingerprint density at radius 3 is 3.07 bits per heavy atom. The second-order valence-corrected chi connectivity index (χ2v) is 3.83. The van der Waals surface area contributed by atoms with Crippen LogP contribution in [0.15, 0.2) is 24.3 Å². The van der Waals surface area contributed by atoms with Crippen molar-refractivity contribution in [1.82, 2.24) is 9.69 Å². The van der Waals surface area contributed by atoms with E-state index in [1.54, 1.807) is 7.05 Å². The fourth-order valence-corrected chi connectivity index (χ4v) is 2.02. The van der Waals surface area contributed by atoms with Crippen LogP contribution in [-0.4, -0.2) is 23.9 Å². The lowest BCUT2D eigenvalue weighted by Gasteiger charge is -2.01. The fourth-order valence-electron chi connectivity index (χ4n) is 1.27. The van der Waals surface area contributed by atoms with Crippen LogP contribution in [0.2, 0.25) is 0 Å². The van der Waals surface area contributed by atoms with Gasteiger partial charge in [0, 0.05) is 12.4 Å². The molecule has 1 aromatic carbocycles. The maximum atomic E-state index is 11.1. The minimum absolute atomic E-state index is 0.0347. The molecule has 0 unspecified atom stereocenters. The van der Waals surface area contributed by atoms with Gasteiger partial charge in [-0.2, -0.15) is 4.37 Å². The zero-order chi connectivity index (χ0) is 10.7. The van der Waals surface area contributed by atoms with Crippen molar-refractivity contribution in [3.8, 4) is 0 Å². The van der Waals surface area contributed by atoms with E-state index in [-0.39, 0.29) is 12.5 Å². The summed E-state index contributed by atoms with van der Waals surface area (Å²) in [5.74, 6) is -0.0347. The van der Waals surface area contributed by atoms with E-state index in [1.165, 1.54) is 11.5 Å². The third-order valence-electron chi connectivity index (χ3n) is 2.07. The van der Waals surface area contributed by atoms with Crippen LogP contribution >= 0.6 is 11.5 Å². The molecule has 0 saturated carbocycles. The van der Waals surface area contributed by atoms with E-state index in [0.29, 0.717) is 0 Å². The monoisotopic (exact) mass is 221 g/mol. The van der Waals surface area contributed by atoms with Crippen LogP contribution in [-0.2, 0) is 4.79 Å². The topological polar surface area (TPSA) is 54.0 Å². The number of hydrogen-bond acceptors (Lipinski definition) is 4. The molecule has 1 amide bonds. The van der Waals surface area contributed by atoms with Crippen LogP contribution in [0.25, 0.3) is 10.9 Å². The first-order chi connectivity index (χ1) is 7.31. The minimum Gasteiger partial charge on any atom is -0.366 e. The number of hydrogen-bond donors (Lipinski definition) is 2. The summed E-state index contributed by atoms with van der Waals surface area (Å²) in [5.41, 5.74) is 0.960. The van der Waals surface area contributed by atoms with Crippen LogP contribution in [0.4, 0.5) is 5.00 Å². The van der Waals surface area contributed by atoms with Crippen molar-refractivity contribution < 1.29 is 4.79 Å². The Bertz CT molecular complexity index is 480. The molecule has 0 radical (unpaired) electrons.